The zero-order valence-electron chi connectivity index (χ0n) is 11.0. The van der Waals surface area contributed by atoms with E-state index in [0.717, 1.165) is 18.4 Å². The van der Waals surface area contributed by atoms with Gasteiger partial charge in [-0.25, -0.2) is 0 Å². The molecule has 4 N–H and O–H groups in total. The van der Waals surface area contributed by atoms with Gasteiger partial charge in [-0.1, -0.05) is 26.0 Å². The Bertz CT molecular complexity index is 372. The minimum absolute atomic E-state index is 0.00879. The lowest BCUT2D eigenvalue weighted by Crippen LogP contribution is -2.33. The average Bonchev–Trinajstić information content (AvgIpc) is 2.38. The van der Waals surface area contributed by atoms with Gasteiger partial charge in [0.2, 0.25) is 5.91 Å². The fourth-order valence-electron chi connectivity index (χ4n) is 1.84. The molecule has 1 atom stereocenters. The van der Waals surface area contributed by atoms with Crippen molar-refractivity contribution >= 4 is 11.6 Å². The third kappa shape index (κ3) is 4.04. The fourth-order valence-corrected chi connectivity index (χ4v) is 1.84. The summed E-state index contributed by atoms with van der Waals surface area (Å²) in [7, 11) is 0. The summed E-state index contributed by atoms with van der Waals surface area (Å²) in [4.78, 5) is 11.8. The number of nitrogens with one attached hydrogen (secondary N) is 1. The zero-order chi connectivity index (χ0) is 13.5. The molecule has 1 aromatic carbocycles. The van der Waals surface area contributed by atoms with E-state index in [1.807, 2.05) is 13.8 Å². The molecule has 0 aromatic heterocycles. The average molecular weight is 250 g/mol. The molecule has 0 aliphatic heterocycles. The highest BCUT2D eigenvalue weighted by Crippen LogP contribution is 2.14. The van der Waals surface area contributed by atoms with Gasteiger partial charge in [-0.15, -0.1) is 0 Å². The van der Waals surface area contributed by atoms with Crippen LogP contribution >= 0.6 is 0 Å². The van der Waals surface area contributed by atoms with E-state index in [4.69, 9.17) is 5.73 Å². The third-order valence-corrected chi connectivity index (χ3v) is 3.15. The van der Waals surface area contributed by atoms with Crippen LogP contribution in [0.1, 0.15) is 38.4 Å². The lowest BCUT2D eigenvalue weighted by Gasteiger charge is -2.16. The maximum atomic E-state index is 11.8. The van der Waals surface area contributed by atoms with Crippen molar-refractivity contribution in [1.29, 1.82) is 0 Å². The number of nitrogen functional groups attached to an aromatic ring is 1. The Morgan fingerprint density at radius 1 is 1.28 bits per heavy atom. The number of nitrogens with two attached hydrogens (primary N) is 1. The SMILES string of the molecule is CCC(CC)C(=O)NCC(O)c1ccc(N)cc1. The fraction of sp³-hybridized carbons (Fsp3) is 0.500. The number of carbonyl (C=O) groups is 1. The van der Waals surface area contributed by atoms with E-state index in [9.17, 15) is 9.90 Å². The molecule has 0 aliphatic carbocycles. The Balaban J connectivity index is 2.48. The molecule has 0 saturated heterocycles. The summed E-state index contributed by atoms with van der Waals surface area (Å²) in [6.07, 6.45) is 0.949. The van der Waals surface area contributed by atoms with Gasteiger partial charge in [0, 0.05) is 18.2 Å². The topological polar surface area (TPSA) is 75.3 Å². The number of aliphatic hydroxyl groups excluding tert-OH is 1. The minimum atomic E-state index is -0.691. The first-order chi connectivity index (χ1) is 8.58. The van der Waals surface area contributed by atoms with Crippen molar-refractivity contribution in [3.63, 3.8) is 0 Å². The van der Waals surface area contributed by atoms with Crippen LogP contribution in [0.25, 0.3) is 0 Å². The number of rotatable bonds is 6. The molecule has 0 saturated carbocycles. The second-order valence-electron chi connectivity index (χ2n) is 4.44. The molecule has 0 aliphatic rings. The van der Waals surface area contributed by atoms with E-state index in [2.05, 4.69) is 5.32 Å². The van der Waals surface area contributed by atoms with Gasteiger partial charge >= 0.3 is 0 Å². The molecule has 100 valence electrons. The number of carbonyl (C=O) groups excluding carboxylic acids is 1. The van der Waals surface area contributed by atoms with E-state index < -0.39 is 6.10 Å². The molecule has 0 bridgehead atoms. The molecule has 0 heterocycles. The Labute approximate surface area is 108 Å². The smallest absolute Gasteiger partial charge is 0.223 e. The van der Waals surface area contributed by atoms with Crippen LogP contribution in [0.4, 0.5) is 5.69 Å². The molecule has 1 unspecified atom stereocenters. The Hall–Kier alpha value is -1.55. The predicted octanol–water partition coefficient (Wildman–Crippen LogP) is 1.85. The lowest BCUT2D eigenvalue weighted by molar-refractivity contribution is -0.125. The van der Waals surface area contributed by atoms with Crippen molar-refractivity contribution in [3.05, 3.63) is 29.8 Å². The van der Waals surface area contributed by atoms with E-state index in [-0.39, 0.29) is 18.4 Å². The van der Waals surface area contributed by atoms with E-state index in [0.29, 0.717) is 5.69 Å². The number of aliphatic hydroxyl groups is 1. The van der Waals surface area contributed by atoms with Crippen LogP contribution in [0, 0.1) is 5.92 Å². The molecule has 1 rings (SSSR count). The number of benzene rings is 1. The van der Waals surface area contributed by atoms with E-state index >= 15 is 0 Å². The Morgan fingerprint density at radius 3 is 2.33 bits per heavy atom. The highest BCUT2D eigenvalue weighted by atomic mass is 16.3. The molecule has 0 spiro atoms. The number of anilines is 1. The van der Waals surface area contributed by atoms with Crippen LogP contribution in [0.2, 0.25) is 0 Å². The van der Waals surface area contributed by atoms with Crippen LogP contribution in [0.5, 0.6) is 0 Å². The Kier molecular flexibility index (Phi) is 5.65. The summed E-state index contributed by atoms with van der Waals surface area (Å²) in [6, 6.07) is 7.01. The monoisotopic (exact) mass is 250 g/mol. The number of hydrogen-bond donors (Lipinski definition) is 3. The maximum absolute atomic E-state index is 11.8. The zero-order valence-corrected chi connectivity index (χ0v) is 11.0. The minimum Gasteiger partial charge on any atom is -0.399 e. The lowest BCUT2D eigenvalue weighted by atomic mass is 10.0. The summed E-state index contributed by atoms with van der Waals surface area (Å²) in [5.41, 5.74) is 6.99. The van der Waals surface area contributed by atoms with Crippen LogP contribution in [-0.2, 0) is 4.79 Å². The molecule has 18 heavy (non-hydrogen) atoms. The van der Waals surface area contributed by atoms with Gasteiger partial charge < -0.3 is 16.2 Å². The second kappa shape index (κ2) is 7.01. The molecule has 0 fully saturated rings. The Morgan fingerprint density at radius 2 is 1.83 bits per heavy atom. The summed E-state index contributed by atoms with van der Waals surface area (Å²) in [6.45, 7) is 4.22. The third-order valence-electron chi connectivity index (χ3n) is 3.15. The first kappa shape index (κ1) is 14.5. The van der Waals surface area contributed by atoms with Crippen molar-refractivity contribution in [2.45, 2.75) is 32.8 Å². The van der Waals surface area contributed by atoms with Crippen molar-refractivity contribution < 1.29 is 9.90 Å². The van der Waals surface area contributed by atoms with Crippen molar-refractivity contribution in [1.82, 2.24) is 5.32 Å². The maximum Gasteiger partial charge on any atom is 0.223 e. The van der Waals surface area contributed by atoms with Gasteiger partial charge in [0.05, 0.1) is 6.10 Å². The number of amides is 1. The summed E-state index contributed by atoms with van der Waals surface area (Å²) < 4.78 is 0. The second-order valence-corrected chi connectivity index (χ2v) is 4.44. The molecule has 4 nitrogen and oxygen atoms in total. The van der Waals surface area contributed by atoms with E-state index in [1.54, 1.807) is 24.3 Å². The standard InChI is InChI=1S/C14H22N2O2/c1-3-10(4-2)14(18)16-9-13(17)11-5-7-12(15)8-6-11/h5-8,10,13,17H,3-4,9,15H2,1-2H3,(H,16,18). The van der Waals surface area contributed by atoms with Gasteiger partial charge in [-0.3, -0.25) is 4.79 Å². The van der Waals surface area contributed by atoms with Crippen LogP contribution in [0.3, 0.4) is 0 Å². The molecule has 4 heteroatoms. The largest absolute Gasteiger partial charge is 0.399 e. The molecule has 1 amide bonds. The van der Waals surface area contributed by atoms with Gasteiger partial charge in [0.1, 0.15) is 0 Å². The van der Waals surface area contributed by atoms with Gasteiger partial charge in [-0.2, -0.15) is 0 Å². The quantitative estimate of drug-likeness (QED) is 0.674. The molecule has 0 radical (unpaired) electrons. The summed E-state index contributed by atoms with van der Waals surface area (Å²) in [5, 5.41) is 12.7. The van der Waals surface area contributed by atoms with Gasteiger partial charge in [0.25, 0.3) is 0 Å². The van der Waals surface area contributed by atoms with Crippen molar-refractivity contribution in [2.24, 2.45) is 5.92 Å². The van der Waals surface area contributed by atoms with E-state index in [1.165, 1.54) is 0 Å². The highest BCUT2D eigenvalue weighted by molar-refractivity contribution is 5.78. The normalized spacial score (nSPS) is 12.4. The van der Waals surface area contributed by atoms with Gasteiger partial charge in [0.15, 0.2) is 0 Å². The summed E-state index contributed by atoms with van der Waals surface area (Å²) in [5.74, 6) is 0.0399. The number of hydrogen-bond acceptors (Lipinski definition) is 3. The van der Waals surface area contributed by atoms with Crippen LogP contribution in [-0.4, -0.2) is 17.6 Å². The highest BCUT2D eigenvalue weighted by Gasteiger charge is 2.15. The predicted molar refractivity (Wildman–Crippen MR) is 72.9 cm³/mol. The molecule has 1 aromatic rings. The first-order valence-electron chi connectivity index (χ1n) is 6.39. The molecular formula is C14H22N2O2. The first-order valence-corrected chi connectivity index (χ1v) is 6.39. The summed E-state index contributed by atoms with van der Waals surface area (Å²) >= 11 is 0. The van der Waals surface area contributed by atoms with Crippen molar-refractivity contribution in [3.8, 4) is 0 Å². The van der Waals surface area contributed by atoms with Gasteiger partial charge in [-0.05, 0) is 30.5 Å². The van der Waals surface area contributed by atoms with Crippen molar-refractivity contribution in [2.75, 3.05) is 12.3 Å². The molecular weight excluding hydrogens is 228 g/mol. The van der Waals surface area contributed by atoms with Crippen LogP contribution in [0.15, 0.2) is 24.3 Å². The van der Waals surface area contributed by atoms with Crippen LogP contribution < -0.4 is 11.1 Å².